The number of carbonyl (C=O) groups excluding carboxylic acids is 2. The zero-order valence-corrected chi connectivity index (χ0v) is 11.9. The molecule has 0 aromatic carbocycles. The zero-order chi connectivity index (χ0) is 14.4. The Morgan fingerprint density at radius 3 is 2.58 bits per heavy atom. The first-order chi connectivity index (χ1) is 9.02. The van der Waals surface area contributed by atoms with Gasteiger partial charge in [-0.2, -0.15) is 0 Å². The number of rotatable bonds is 8. The fourth-order valence-electron chi connectivity index (χ4n) is 1.56. The normalized spacial score (nSPS) is 10.4. The third-order valence-electron chi connectivity index (χ3n) is 2.50. The summed E-state index contributed by atoms with van der Waals surface area (Å²) in [6, 6.07) is 0. The van der Waals surface area contributed by atoms with Crippen molar-refractivity contribution in [1.82, 2.24) is 0 Å². The molecular formula is C12H19N3O3S. The Morgan fingerprint density at radius 2 is 2.05 bits per heavy atom. The number of primary amides is 1. The number of ether oxygens (including phenoxy) is 1. The maximum atomic E-state index is 11.7. The minimum absolute atomic E-state index is 0.0946. The number of anilines is 2. The molecule has 1 aromatic rings. The number of nitrogens with one attached hydrogen (secondary N) is 1. The van der Waals surface area contributed by atoms with Crippen LogP contribution in [0.25, 0.3) is 0 Å². The molecule has 0 fully saturated rings. The highest BCUT2D eigenvalue weighted by Crippen LogP contribution is 2.36. The number of Topliss-reactive ketones (excluding diaryl/α,β-unsaturated/α-hetero) is 1. The van der Waals surface area contributed by atoms with Crippen molar-refractivity contribution in [3.05, 3.63) is 10.4 Å². The molecule has 0 radical (unpaired) electrons. The number of hydrogen-bond donors (Lipinski definition) is 3. The van der Waals surface area contributed by atoms with Crippen LogP contribution in [0.4, 0.5) is 10.7 Å². The summed E-state index contributed by atoms with van der Waals surface area (Å²) in [7, 11) is 0. The molecule has 0 spiro atoms. The van der Waals surface area contributed by atoms with E-state index in [1.165, 1.54) is 0 Å². The summed E-state index contributed by atoms with van der Waals surface area (Å²) in [5.74, 6) is -0.731. The second kappa shape index (κ2) is 7.10. The van der Waals surface area contributed by atoms with Crippen molar-refractivity contribution in [3.8, 4) is 0 Å². The van der Waals surface area contributed by atoms with Gasteiger partial charge in [-0.1, -0.05) is 6.92 Å². The lowest BCUT2D eigenvalue weighted by Crippen LogP contribution is -2.16. The standard InChI is InChI=1S/C12H19N3O3S/c1-3-7(16)10-9(13)8(11(14)17)12(19-10)15-5-6-18-4-2/h15H,3-6,13H2,1-2H3,(H2,14,17). The smallest absolute Gasteiger partial charge is 0.253 e. The fourth-order valence-corrected chi connectivity index (χ4v) is 2.72. The first-order valence-corrected chi connectivity index (χ1v) is 6.91. The maximum absolute atomic E-state index is 11.7. The Hall–Kier alpha value is -1.60. The van der Waals surface area contributed by atoms with Crippen LogP contribution in [-0.4, -0.2) is 31.4 Å². The van der Waals surface area contributed by atoms with Gasteiger partial charge in [0.15, 0.2) is 5.78 Å². The van der Waals surface area contributed by atoms with E-state index in [1.807, 2.05) is 6.92 Å². The molecular weight excluding hydrogens is 266 g/mol. The average molecular weight is 285 g/mol. The van der Waals surface area contributed by atoms with E-state index in [-0.39, 0.29) is 17.0 Å². The number of nitrogens with two attached hydrogens (primary N) is 2. The summed E-state index contributed by atoms with van der Waals surface area (Å²) in [6.07, 6.45) is 0.335. The summed E-state index contributed by atoms with van der Waals surface area (Å²) in [6.45, 7) is 5.29. The van der Waals surface area contributed by atoms with E-state index in [9.17, 15) is 9.59 Å². The van der Waals surface area contributed by atoms with Gasteiger partial charge in [0.2, 0.25) is 0 Å². The number of hydrogen-bond acceptors (Lipinski definition) is 6. The van der Waals surface area contributed by atoms with Gasteiger partial charge in [0.1, 0.15) is 5.00 Å². The molecule has 106 valence electrons. The van der Waals surface area contributed by atoms with Gasteiger partial charge in [-0.05, 0) is 6.92 Å². The third kappa shape index (κ3) is 3.68. The molecule has 19 heavy (non-hydrogen) atoms. The lowest BCUT2D eigenvalue weighted by atomic mass is 10.1. The van der Waals surface area contributed by atoms with Crippen molar-refractivity contribution >= 4 is 33.7 Å². The second-order valence-electron chi connectivity index (χ2n) is 3.81. The lowest BCUT2D eigenvalue weighted by molar-refractivity contribution is 0.0991. The topological polar surface area (TPSA) is 107 Å². The van der Waals surface area contributed by atoms with Gasteiger partial charge in [-0.15, -0.1) is 11.3 Å². The van der Waals surface area contributed by atoms with Gasteiger partial charge in [0.25, 0.3) is 5.91 Å². The fraction of sp³-hybridized carbons (Fsp3) is 0.500. The monoisotopic (exact) mass is 285 g/mol. The molecule has 0 atom stereocenters. The van der Waals surface area contributed by atoms with Crippen molar-refractivity contribution in [3.63, 3.8) is 0 Å². The summed E-state index contributed by atoms with van der Waals surface area (Å²) in [5.41, 5.74) is 11.5. The number of nitrogen functional groups attached to an aromatic ring is 1. The summed E-state index contributed by atoms with van der Waals surface area (Å²) >= 11 is 1.16. The van der Waals surface area contributed by atoms with Gasteiger partial charge in [0.05, 0.1) is 22.7 Å². The number of thiophene rings is 1. The van der Waals surface area contributed by atoms with Crippen LogP contribution in [0.15, 0.2) is 0 Å². The van der Waals surface area contributed by atoms with Crippen LogP contribution in [0.1, 0.15) is 40.3 Å². The van der Waals surface area contributed by atoms with E-state index < -0.39 is 5.91 Å². The molecule has 0 aliphatic rings. The van der Waals surface area contributed by atoms with Gasteiger partial charge < -0.3 is 21.5 Å². The average Bonchev–Trinajstić information content (AvgIpc) is 2.71. The molecule has 6 nitrogen and oxygen atoms in total. The lowest BCUT2D eigenvalue weighted by Gasteiger charge is -2.05. The highest BCUT2D eigenvalue weighted by Gasteiger charge is 2.23. The predicted molar refractivity (Wildman–Crippen MR) is 76.9 cm³/mol. The second-order valence-corrected chi connectivity index (χ2v) is 4.83. The van der Waals surface area contributed by atoms with E-state index in [4.69, 9.17) is 16.2 Å². The third-order valence-corrected chi connectivity index (χ3v) is 3.71. The minimum Gasteiger partial charge on any atom is -0.397 e. The molecule has 1 heterocycles. The van der Waals surface area contributed by atoms with Crippen LogP contribution < -0.4 is 16.8 Å². The quantitative estimate of drug-likeness (QED) is 0.495. The van der Waals surface area contributed by atoms with E-state index in [1.54, 1.807) is 6.92 Å². The minimum atomic E-state index is -0.636. The SMILES string of the molecule is CCOCCNc1sc(C(=O)CC)c(N)c1C(N)=O. The van der Waals surface area contributed by atoms with Crippen molar-refractivity contribution in [2.45, 2.75) is 20.3 Å². The van der Waals surface area contributed by atoms with Gasteiger partial charge in [0, 0.05) is 19.6 Å². The van der Waals surface area contributed by atoms with E-state index in [2.05, 4.69) is 5.32 Å². The van der Waals surface area contributed by atoms with Crippen LogP contribution in [0.2, 0.25) is 0 Å². The van der Waals surface area contributed by atoms with Crippen molar-refractivity contribution < 1.29 is 14.3 Å². The van der Waals surface area contributed by atoms with Gasteiger partial charge >= 0.3 is 0 Å². The first kappa shape index (κ1) is 15.5. The highest BCUT2D eigenvalue weighted by atomic mass is 32.1. The van der Waals surface area contributed by atoms with E-state index in [0.717, 1.165) is 11.3 Å². The van der Waals surface area contributed by atoms with Crippen LogP contribution in [0.3, 0.4) is 0 Å². The van der Waals surface area contributed by atoms with E-state index >= 15 is 0 Å². The number of carbonyl (C=O) groups is 2. The summed E-state index contributed by atoms with van der Waals surface area (Å²) < 4.78 is 5.19. The van der Waals surface area contributed by atoms with Crippen molar-refractivity contribution in [1.29, 1.82) is 0 Å². The number of amides is 1. The molecule has 1 rings (SSSR count). The Balaban J connectivity index is 2.95. The van der Waals surface area contributed by atoms with Crippen LogP contribution in [-0.2, 0) is 4.74 Å². The Labute approximate surface area is 116 Å². The number of ketones is 1. The molecule has 0 saturated heterocycles. The summed E-state index contributed by atoms with van der Waals surface area (Å²) in [5, 5.41) is 3.56. The van der Waals surface area contributed by atoms with Crippen molar-refractivity contribution in [2.75, 3.05) is 30.8 Å². The first-order valence-electron chi connectivity index (χ1n) is 6.09. The molecule has 1 aromatic heterocycles. The van der Waals surface area contributed by atoms with Crippen molar-refractivity contribution in [2.24, 2.45) is 5.73 Å². The molecule has 1 amide bonds. The predicted octanol–water partition coefficient (Wildman–Crippen LogP) is 1.47. The van der Waals surface area contributed by atoms with E-state index in [0.29, 0.717) is 36.1 Å². The molecule has 0 aliphatic carbocycles. The largest absolute Gasteiger partial charge is 0.397 e. The molecule has 0 saturated carbocycles. The maximum Gasteiger partial charge on any atom is 0.253 e. The molecule has 0 aliphatic heterocycles. The molecule has 0 unspecified atom stereocenters. The van der Waals surface area contributed by atoms with Crippen LogP contribution in [0, 0.1) is 0 Å². The molecule has 0 bridgehead atoms. The van der Waals surface area contributed by atoms with Crippen LogP contribution in [0.5, 0.6) is 0 Å². The van der Waals surface area contributed by atoms with Gasteiger partial charge in [-0.25, -0.2) is 0 Å². The molecule has 5 N–H and O–H groups in total. The van der Waals surface area contributed by atoms with Gasteiger partial charge in [-0.3, -0.25) is 9.59 Å². The summed E-state index contributed by atoms with van der Waals surface area (Å²) in [4.78, 5) is 23.5. The Bertz CT molecular complexity index is 471. The zero-order valence-electron chi connectivity index (χ0n) is 11.1. The Morgan fingerprint density at radius 1 is 1.37 bits per heavy atom. The van der Waals surface area contributed by atoms with Crippen LogP contribution >= 0.6 is 11.3 Å². The highest BCUT2D eigenvalue weighted by molar-refractivity contribution is 7.19. The molecule has 7 heteroatoms. The Kier molecular flexibility index (Phi) is 5.78.